The minimum Gasteiger partial charge on any atom is -0.462 e. The third-order valence-electron chi connectivity index (χ3n) is 7.92. The Bertz CT molecular complexity index is 2150. The van der Waals surface area contributed by atoms with Crippen molar-refractivity contribution in [1.29, 1.82) is 0 Å². The number of azo groups is 3. The number of fused-ring (bicyclic) bond motifs is 2. The minimum absolute atomic E-state index is 0.328. The van der Waals surface area contributed by atoms with E-state index in [0.29, 0.717) is 23.5 Å². The first-order valence-corrected chi connectivity index (χ1v) is 16.4. The molecule has 7 rings (SSSR count). The summed E-state index contributed by atoms with van der Waals surface area (Å²) in [6.45, 7) is 4.33. The lowest BCUT2D eigenvalue weighted by Crippen LogP contribution is -2.15. The van der Waals surface area contributed by atoms with Gasteiger partial charge in [-0.2, -0.15) is 5.11 Å². The molecule has 2 heterocycles. The smallest absolute Gasteiger partial charge is 0.338 e. The molecule has 0 N–H and O–H groups in total. The highest BCUT2D eigenvalue weighted by molar-refractivity contribution is 7.19. The lowest BCUT2D eigenvalue weighted by Gasteiger charge is -2.13. The summed E-state index contributed by atoms with van der Waals surface area (Å²) in [4.78, 5) is 14.4. The van der Waals surface area contributed by atoms with Gasteiger partial charge < -0.3 is 9.64 Å². The topological polar surface area (TPSA) is 104 Å². The van der Waals surface area contributed by atoms with Crippen LogP contribution in [0.1, 0.15) is 30.1 Å². The van der Waals surface area contributed by atoms with Gasteiger partial charge in [0.2, 0.25) is 0 Å². The monoisotopic (exact) mass is 637 g/mol. The van der Waals surface area contributed by atoms with Gasteiger partial charge >= 0.3 is 5.97 Å². The van der Waals surface area contributed by atoms with E-state index in [9.17, 15) is 4.79 Å². The van der Waals surface area contributed by atoms with Crippen LogP contribution in [0.15, 0.2) is 140 Å². The van der Waals surface area contributed by atoms with Crippen LogP contribution in [-0.4, -0.2) is 25.7 Å². The predicted octanol–water partition coefficient (Wildman–Crippen LogP) is 12.1. The van der Waals surface area contributed by atoms with Crippen LogP contribution in [0.5, 0.6) is 0 Å². The third-order valence-corrected chi connectivity index (χ3v) is 8.96. The SMILES string of the molecule is CCOC(=O)c1ccc(/N=N/c2ccc(/N=N/c3ccc(/N=N/c4ccc(N5CCCC5)s4)c4ccccc34)c3ccccc23)cc1. The van der Waals surface area contributed by atoms with Crippen molar-refractivity contribution >= 4 is 77.3 Å². The highest BCUT2D eigenvalue weighted by Gasteiger charge is 2.14. The molecule has 9 nitrogen and oxygen atoms in total. The fourth-order valence-corrected chi connectivity index (χ4v) is 6.44. The maximum absolute atomic E-state index is 11.9. The Morgan fingerprint density at radius 3 is 1.62 bits per heavy atom. The lowest BCUT2D eigenvalue weighted by atomic mass is 10.1. The van der Waals surface area contributed by atoms with Gasteiger partial charge in [-0.1, -0.05) is 59.9 Å². The summed E-state index contributed by atoms with van der Waals surface area (Å²) < 4.78 is 5.05. The molecule has 0 saturated carbocycles. The van der Waals surface area contributed by atoms with E-state index in [-0.39, 0.29) is 5.97 Å². The van der Waals surface area contributed by atoms with E-state index in [1.165, 1.54) is 17.8 Å². The molecule has 10 heteroatoms. The second-order valence-corrected chi connectivity index (χ2v) is 12.0. The van der Waals surface area contributed by atoms with Gasteiger partial charge in [-0.25, -0.2) is 4.79 Å². The van der Waals surface area contributed by atoms with E-state index in [1.807, 2.05) is 78.9 Å². The highest BCUT2D eigenvalue weighted by Crippen LogP contribution is 2.39. The lowest BCUT2D eigenvalue weighted by molar-refractivity contribution is 0.0526. The molecule has 1 aliphatic heterocycles. The number of ether oxygens (including phenoxy) is 1. The number of anilines is 1. The molecule has 0 spiro atoms. The highest BCUT2D eigenvalue weighted by atomic mass is 32.1. The fraction of sp³-hybridized carbons (Fsp3) is 0.162. The summed E-state index contributed by atoms with van der Waals surface area (Å²) in [6.07, 6.45) is 2.49. The summed E-state index contributed by atoms with van der Waals surface area (Å²) in [6, 6.07) is 34.6. The molecule has 1 aliphatic rings. The molecule has 232 valence electrons. The average molecular weight is 638 g/mol. The minimum atomic E-state index is -0.360. The molecule has 1 saturated heterocycles. The number of benzene rings is 5. The Hall–Kier alpha value is -5.61. The van der Waals surface area contributed by atoms with Crippen LogP contribution in [0.3, 0.4) is 0 Å². The largest absolute Gasteiger partial charge is 0.462 e. The van der Waals surface area contributed by atoms with Crippen LogP contribution in [-0.2, 0) is 4.74 Å². The number of hydrogen-bond acceptors (Lipinski definition) is 10. The van der Waals surface area contributed by atoms with Crippen molar-refractivity contribution in [3.8, 4) is 0 Å². The first kappa shape index (κ1) is 30.1. The van der Waals surface area contributed by atoms with E-state index >= 15 is 0 Å². The summed E-state index contributed by atoms with van der Waals surface area (Å²) in [5.41, 5.74) is 4.05. The summed E-state index contributed by atoms with van der Waals surface area (Å²) >= 11 is 1.67. The van der Waals surface area contributed by atoms with Gasteiger partial charge in [0.05, 0.1) is 45.6 Å². The molecule has 5 aromatic carbocycles. The van der Waals surface area contributed by atoms with Gasteiger partial charge in [0.25, 0.3) is 0 Å². The van der Waals surface area contributed by atoms with Crippen LogP contribution in [0.2, 0.25) is 0 Å². The van der Waals surface area contributed by atoms with Crippen molar-refractivity contribution in [1.82, 2.24) is 0 Å². The maximum Gasteiger partial charge on any atom is 0.338 e. The second-order valence-electron chi connectivity index (χ2n) is 11.0. The third kappa shape index (κ3) is 6.68. The Balaban J connectivity index is 1.13. The Morgan fingerprint density at radius 1 is 0.617 bits per heavy atom. The van der Waals surface area contributed by atoms with Gasteiger partial charge in [0.15, 0.2) is 0 Å². The van der Waals surface area contributed by atoms with Gasteiger partial charge in [-0.3, -0.25) is 0 Å². The van der Waals surface area contributed by atoms with Crippen molar-refractivity contribution in [3.63, 3.8) is 0 Å². The number of rotatable bonds is 9. The van der Waals surface area contributed by atoms with E-state index in [1.54, 1.807) is 42.5 Å². The molecule has 6 aromatic rings. The van der Waals surface area contributed by atoms with Gasteiger partial charge in [0.1, 0.15) is 5.00 Å². The number of carbonyl (C=O) groups excluding carboxylic acids is 1. The van der Waals surface area contributed by atoms with Crippen LogP contribution in [0.25, 0.3) is 21.5 Å². The average Bonchev–Trinajstić information content (AvgIpc) is 3.83. The van der Waals surface area contributed by atoms with Gasteiger partial charge in [0, 0.05) is 34.6 Å². The number of hydrogen-bond donors (Lipinski definition) is 0. The summed E-state index contributed by atoms with van der Waals surface area (Å²) in [5.74, 6) is -0.360. The summed E-state index contributed by atoms with van der Waals surface area (Å²) in [7, 11) is 0. The fourth-order valence-electron chi connectivity index (χ4n) is 5.56. The van der Waals surface area contributed by atoms with Crippen LogP contribution in [0.4, 0.5) is 38.4 Å². The Kier molecular flexibility index (Phi) is 8.83. The normalized spacial score (nSPS) is 13.6. The van der Waals surface area contributed by atoms with E-state index < -0.39 is 0 Å². The first-order valence-electron chi connectivity index (χ1n) is 15.6. The Morgan fingerprint density at radius 2 is 1.11 bits per heavy atom. The van der Waals surface area contributed by atoms with Gasteiger partial charge in [-0.05, 0) is 80.4 Å². The number of thiophene rings is 1. The molecule has 0 atom stereocenters. The Labute approximate surface area is 276 Å². The van der Waals surface area contributed by atoms with Crippen molar-refractivity contribution < 1.29 is 9.53 Å². The van der Waals surface area contributed by atoms with E-state index in [2.05, 4.69) is 41.7 Å². The van der Waals surface area contributed by atoms with E-state index in [4.69, 9.17) is 4.74 Å². The standard InChI is InChI=1S/C37H31N7O2S/c1-2-46-37(45)25-13-15-26(16-14-25)38-39-31-17-18-32(28-10-4-3-9-27(28)31)40-41-33-19-20-34(30-12-6-5-11-29(30)33)42-43-35-21-22-36(47-35)44-23-7-8-24-44/h3-6,9-22H,2,7-8,23-24H2,1H3/b39-38+,41-40+,43-42+. The quantitative estimate of drug-likeness (QED) is 0.116. The maximum atomic E-state index is 11.9. The van der Waals surface area contributed by atoms with Crippen LogP contribution < -0.4 is 4.90 Å². The molecule has 1 fully saturated rings. The van der Waals surface area contributed by atoms with Crippen molar-refractivity contribution in [2.75, 3.05) is 24.6 Å². The molecule has 47 heavy (non-hydrogen) atoms. The van der Waals surface area contributed by atoms with Crippen molar-refractivity contribution in [2.45, 2.75) is 19.8 Å². The zero-order valence-electron chi connectivity index (χ0n) is 25.8. The van der Waals surface area contributed by atoms with Crippen molar-refractivity contribution in [3.05, 3.63) is 115 Å². The molecule has 0 radical (unpaired) electrons. The molecular weight excluding hydrogens is 607 g/mol. The first-order chi connectivity index (χ1) is 23.2. The number of esters is 1. The number of nitrogens with zero attached hydrogens (tertiary/aromatic N) is 7. The molecular formula is C37H31N7O2S. The van der Waals surface area contributed by atoms with Crippen molar-refractivity contribution in [2.24, 2.45) is 30.7 Å². The van der Waals surface area contributed by atoms with Gasteiger partial charge in [-0.15, -0.1) is 25.6 Å². The van der Waals surface area contributed by atoms with Crippen LogP contribution in [0, 0.1) is 0 Å². The zero-order valence-corrected chi connectivity index (χ0v) is 26.6. The molecule has 0 bridgehead atoms. The van der Waals surface area contributed by atoms with E-state index in [0.717, 1.165) is 56.7 Å². The number of carbonyl (C=O) groups is 1. The molecule has 0 amide bonds. The molecule has 0 unspecified atom stereocenters. The second kappa shape index (κ2) is 13.8. The molecule has 1 aromatic heterocycles. The molecule has 0 aliphatic carbocycles. The predicted molar refractivity (Wildman–Crippen MR) is 189 cm³/mol. The zero-order chi connectivity index (χ0) is 32.0. The van der Waals surface area contributed by atoms with Crippen LogP contribution >= 0.6 is 11.3 Å². The summed E-state index contributed by atoms with van der Waals surface area (Å²) in [5, 5.41) is 33.3.